The molecule has 3 fully saturated rings. The third-order valence-corrected chi connectivity index (χ3v) is 7.02. The Balaban J connectivity index is 0.00000169. The molecule has 1 spiro atoms. The van der Waals surface area contributed by atoms with Crippen molar-refractivity contribution in [1.29, 1.82) is 0 Å². The van der Waals surface area contributed by atoms with Crippen molar-refractivity contribution in [3.8, 4) is 0 Å². The van der Waals surface area contributed by atoms with Gasteiger partial charge in [-0.2, -0.15) is 0 Å². The lowest BCUT2D eigenvalue weighted by Crippen LogP contribution is -2.72. The zero-order valence-corrected chi connectivity index (χ0v) is 17.6. The lowest BCUT2D eigenvalue weighted by atomic mass is 9.46. The number of ether oxygens (including phenoxy) is 1. The zero-order valence-electron chi connectivity index (χ0n) is 14.5. The molecule has 0 amide bonds. The minimum Gasteiger partial charge on any atom is -0.377 e. The zero-order chi connectivity index (χ0) is 15.9. The number of thiophene rings is 1. The molecule has 2 saturated carbocycles. The van der Waals surface area contributed by atoms with Crippen LogP contribution in [-0.2, 0) is 4.74 Å². The van der Waals surface area contributed by atoms with Gasteiger partial charge in [-0.05, 0) is 44.6 Å². The van der Waals surface area contributed by atoms with Gasteiger partial charge in [0, 0.05) is 35.4 Å². The Bertz CT molecular complexity index is 573. The van der Waals surface area contributed by atoms with E-state index in [9.17, 15) is 0 Å². The highest BCUT2D eigenvalue weighted by atomic mass is 127. The van der Waals surface area contributed by atoms with E-state index in [2.05, 4.69) is 42.0 Å². The lowest BCUT2D eigenvalue weighted by Gasteiger charge is -2.63. The van der Waals surface area contributed by atoms with Gasteiger partial charge < -0.3 is 15.4 Å². The normalized spacial score (nSPS) is 31.4. The van der Waals surface area contributed by atoms with E-state index in [4.69, 9.17) is 9.73 Å². The van der Waals surface area contributed by atoms with Crippen LogP contribution < -0.4 is 10.6 Å². The standard InChI is InChI=1S/C18H27N3OS.HI/c1-3-19-17(20-12(2)14-6-4-11-23-14)21-15-13-7-10-22-16(13)18(15)8-5-9-18;/h4,6,11-13,15-16H,3,5,7-10H2,1-2H3,(H2,19,20,21);1H. The van der Waals surface area contributed by atoms with Crippen LogP contribution in [0.25, 0.3) is 0 Å². The smallest absolute Gasteiger partial charge is 0.192 e. The molecule has 4 nitrogen and oxygen atoms in total. The topological polar surface area (TPSA) is 45.7 Å². The molecule has 2 aliphatic carbocycles. The summed E-state index contributed by atoms with van der Waals surface area (Å²) in [5, 5.41) is 9.50. The van der Waals surface area contributed by atoms with Crippen LogP contribution in [0.3, 0.4) is 0 Å². The number of hydrogen-bond donors (Lipinski definition) is 2. The van der Waals surface area contributed by atoms with E-state index in [-0.39, 0.29) is 24.0 Å². The van der Waals surface area contributed by atoms with Crippen LogP contribution in [0.2, 0.25) is 0 Å². The number of hydrogen-bond acceptors (Lipinski definition) is 3. The number of guanidine groups is 1. The molecule has 4 rings (SSSR count). The van der Waals surface area contributed by atoms with Crippen LogP contribution >= 0.6 is 35.3 Å². The summed E-state index contributed by atoms with van der Waals surface area (Å²) in [6, 6.07) is 5.12. The molecule has 1 aromatic heterocycles. The first kappa shape index (κ1) is 18.5. The fourth-order valence-electron chi connectivity index (χ4n) is 4.71. The monoisotopic (exact) mass is 461 g/mol. The van der Waals surface area contributed by atoms with E-state index in [1.807, 2.05) is 0 Å². The number of halogens is 1. The third-order valence-electron chi connectivity index (χ3n) is 5.97. The summed E-state index contributed by atoms with van der Waals surface area (Å²) >= 11 is 1.80. The molecule has 2 heterocycles. The van der Waals surface area contributed by atoms with Crippen molar-refractivity contribution in [2.24, 2.45) is 16.3 Å². The summed E-state index contributed by atoms with van der Waals surface area (Å²) in [6.45, 7) is 6.05. The third kappa shape index (κ3) is 2.98. The molecule has 0 aromatic carbocycles. The first-order chi connectivity index (χ1) is 11.2. The van der Waals surface area contributed by atoms with Gasteiger partial charge in [-0.25, -0.2) is 0 Å². The molecule has 1 aromatic rings. The molecule has 4 atom stereocenters. The van der Waals surface area contributed by atoms with E-state index < -0.39 is 0 Å². The second-order valence-corrected chi connectivity index (χ2v) is 8.14. The van der Waals surface area contributed by atoms with Crippen LogP contribution in [0.1, 0.15) is 50.4 Å². The van der Waals surface area contributed by atoms with E-state index in [0.717, 1.165) is 19.1 Å². The van der Waals surface area contributed by atoms with Crippen LogP contribution in [0.15, 0.2) is 22.5 Å². The van der Waals surface area contributed by atoms with Gasteiger partial charge in [0.25, 0.3) is 0 Å². The van der Waals surface area contributed by atoms with Crippen molar-refractivity contribution in [3.63, 3.8) is 0 Å². The Morgan fingerprint density at radius 1 is 1.50 bits per heavy atom. The SMILES string of the molecule is CCN=C(NC(C)c1cccs1)NC1C2CCOC2C12CCC2.I. The summed E-state index contributed by atoms with van der Waals surface area (Å²) in [6.07, 6.45) is 5.68. The Hall–Kier alpha value is -0.340. The van der Waals surface area contributed by atoms with Crippen LogP contribution in [0, 0.1) is 11.3 Å². The van der Waals surface area contributed by atoms with Crippen LogP contribution in [-0.4, -0.2) is 31.3 Å². The molecule has 1 aliphatic heterocycles. The summed E-state index contributed by atoms with van der Waals surface area (Å²) in [5.74, 6) is 1.64. The first-order valence-electron chi connectivity index (χ1n) is 8.97. The van der Waals surface area contributed by atoms with Crippen LogP contribution in [0.4, 0.5) is 0 Å². The van der Waals surface area contributed by atoms with E-state index in [0.29, 0.717) is 29.5 Å². The predicted molar refractivity (Wildman–Crippen MR) is 110 cm³/mol. The van der Waals surface area contributed by atoms with Crippen molar-refractivity contribution in [2.45, 2.75) is 57.7 Å². The Morgan fingerprint density at radius 3 is 2.96 bits per heavy atom. The maximum Gasteiger partial charge on any atom is 0.192 e. The van der Waals surface area contributed by atoms with Crippen molar-refractivity contribution < 1.29 is 4.74 Å². The Kier molecular flexibility index (Phi) is 5.76. The molecule has 1 saturated heterocycles. The van der Waals surface area contributed by atoms with Gasteiger partial charge in [-0.1, -0.05) is 12.5 Å². The largest absolute Gasteiger partial charge is 0.377 e. The second kappa shape index (κ2) is 7.50. The highest BCUT2D eigenvalue weighted by Crippen LogP contribution is 2.62. The molecule has 6 heteroatoms. The molecule has 3 aliphatic rings. The quantitative estimate of drug-likeness (QED) is 0.406. The molecular formula is C18H28IN3OS. The molecule has 24 heavy (non-hydrogen) atoms. The van der Waals surface area contributed by atoms with Crippen molar-refractivity contribution in [3.05, 3.63) is 22.4 Å². The van der Waals surface area contributed by atoms with Crippen molar-refractivity contribution in [2.75, 3.05) is 13.2 Å². The predicted octanol–water partition coefficient (Wildman–Crippen LogP) is 3.94. The van der Waals surface area contributed by atoms with Crippen molar-refractivity contribution >= 4 is 41.3 Å². The van der Waals surface area contributed by atoms with Gasteiger partial charge in [0.1, 0.15) is 0 Å². The van der Waals surface area contributed by atoms with E-state index >= 15 is 0 Å². The van der Waals surface area contributed by atoms with Gasteiger partial charge in [-0.3, -0.25) is 4.99 Å². The number of nitrogens with zero attached hydrogens (tertiary/aromatic N) is 1. The molecule has 0 bridgehead atoms. The molecular weight excluding hydrogens is 433 g/mol. The average Bonchev–Trinajstić information content (AvgIpc) is 3.13. The maximum atomic E-state index is 6.02. The minimum absolute atomic E-state index is 0. The second-order valence-electron chi connectivity index (χ2n) is 7.16. The van der Waals surface area contributed by atoms with E-state index in [1.54, 1.807) is 11.3 Å². The van der Waals surface area contributed by atoms with Gasteiger partial charge in [0.05, 0.1) is 12.1 Å². The van der Waals surface area contributed by atoms with Gasteiger partial charge >= 0.3 is 0 Å². The number of nitrogens with one attached hydrogen (secondary N) is 2. The fraction of sp³-hybridized carbons (Fsp3) is 0.722. The Morgan fingerprint density at radius 2 is 2.33 bits per heavy atom. The highest BCUT2D eigenvalue weighted by Gasteiger charge is 2.66. The minimum atomic E-state index is 0. The number of fused-ring (bicyclic) bond motifs is 2. The molecule has 4 unspecified atom stereocenters. The summed E-state index contributed by atoms with van der Waals surface area (Å²) in [4.78, 5) is 6.04. The summed E-state index contributed by atoms with van der Waals surface area (Å²) in [7, 11) is 0. The Labute approximate surface area is 165 Å². The lowest BCUT2D eigenvalue weighted by molar-refractivity contribution is -0.171. The van der Waals surface area contributed by atoms with E-state index in [1.165, 1.54) is 30.6 Å². The number of rotatable bonds is 4. The molecule has 2 N–H and O–H groups in total. The fourth-order valence-corrected chi connectivity index (χ4v) is 5.44. The van der Waals surface area contributed by atoms with Crippen LogP contribution in [0.5, 0.6) is 0 Å². The molecule has 134 valence electrons. The van der Waals surface area contributed by atoms with Gasteiger partial charge in [0.2, 0.25) is 0 Å². The summed E-state index contributed by atoms with van der Waals surface area (Å²) in [5.41, 5.74) is 0.392. The number of aliphatic imine (C=N–C) groups is 1. The first-order valence-corrected chi connectivity index (χ1v) is 9.85. The maximum absolute atomic E-state index is 6.02. The highest BCUT2D eigenvalue weighted by molar-refractivity contribution is 14.0. The average molecular weight is 461 g/mol. The van der Waals surface area contributed by atoms with Crippen molar-refractivity contribution in [1.82, 2.24) is 10.6 Å². The van der Waals surface area contributed by atoms with Gasteiger partial charge in [-0.15, -0.1) is 35.3 Å². The summed E-state index contributed by atoms with van der Waals surface area (Å²) < 4.78 is 6.02. The van der Waals surface area contributed by atoms with Gasteiger partial charge in [0.15, 0.2) is 5.96 Å². The molecule has 0 radical (unpaired) electrons.